The van der Waals surface area contributed by atoms with E-state index in [2.05, 4.69) is 15.9 Å². The van der Waals surface area contributed by atoms with Crippen LogP contribution in [0.5, 0.6) is 0 Å². The number of methoxy groups -OCH3 is 2. The summed E-state index contributed by atoms with van der Waals surface area (Å²) in [6.45, 7) is 0. The molecular weight excluding hydrogens is 222 g/mol. The Hall–Kier alpha value is -0.480. The number of hydrogen-bond donors (Lipinski definition) is 1. The van der Waals surface area contributed by atoms with E-state index in [1.807, 2.05) is 6.08 Å². The number of ether oxygens (including phenoxy) is 2. The molecule has 1 aliphatic rings. The van der Waals surface area contributed by atoms with Gasteiger partial charge in [0.15, 0.2) is 0 Å². The van der Waals surface area contributed by atoms with E-state index in [-0.39, 0.29) is 0 Å². The molecule has 0 amide bonds. The molecule has 0 heterocycles. The standard InChI is InChI=1S/C8H12BrNO2/c1-11-7-5-8(9,12-2)4-3-6(7)10/h3-4H,5,10H2,1-2H3. The van der Waals surface area contributed by atoms with Gasteiger partial charge in [-0.25, -0.2) is 0 Å². The first-order chi connectivity index (χ1) is 5.61. The fraction of sp³-hybridized carbons (Fsp3) is 0.500. The van der Waals surface area contributed by atoms with Gasteiger partial charge in [0.25, 0.3) is 0 Å². The lowest BCUT2D eigenvalue weighted by molar-refractivity contribution is 0.0986. The Morgan fingerprint density at radius 3 is 2.75 bits per heavy atom. The van der Waals surface area contributed by atoms with Gasteiger partial charge in [-0.2, -0.15) is 0 Å². The largest absolute Gasteiger partial charge is 0.499 e. The molecule has 0 saturated heterocycles. The van der Waals surface area contributed by atoms with Crippen molar-refractivity contribution in [1.29, 1.82) is 0 Å². The Morgan fingerprint density at radius 1 is 1.58 bits per heavy atom. The van der Waals surface area contributed by atoms with Gasteiger partial charge < -0.3 is 15.2 Å². The number of hydrogen-bond acceptors (Lipinski definition) is 3. The van der Waals surface area contributed by atoms with Gasteiger partial charge in [0.1, 0.15) is 10.3 Å². The average molecular weight is 234 g/mol. The topological polar surface area (TPSA) is 44.5 Å². The van der Waals surface area contributed by atoms with Crippen molar-refractivity contribution < 1.29 is 9.47 Å². The minimum Gasteiger partial charge on any atom is -0.499 e. The van der Waals surface area contributed by atoms with Gasteiger partial charge in [-0.1, -0.05) is 0 Å². The van der Waals surface area contributed by atoms with Crippen molar-refractivity contribution in [3.63, 3.8) is 0 Å². The maximum absolute atomic E-state index is 5.66. The molecule has 0 aromatic heterocycles. The Morgan fingerprint density at radius 2 is 2.25 bits per heavy atom. The van der Waals surface area contributed by atoms with E-state index in [9.17, 15) is 0 Å². The van der Waals surface area contributed by atoms with E-state index in [4.69, 9.17) is 15.2 Å². The lowest BCUT2D eigenvalue weighted by atomic mass is 10.1. The molecule has 1 rings (SSSR count). The Balaban J connectivity index is 2.83. The molecule has 0 saturated carbocycles. The third kappa shape index (κ3) is 1.81. The van der Waals surface area contributed by atoms with Crippen molar-refractivity contribution >= 4 is 15.9 Å². The smallest absolute Gasteiger partial charge is 0.148 e. The molecular formula is C8H12BrNO2. The fourth-order valence-electron chi connectivity index (χ4n) is 1.02. The van der Waals surface area contributed by atoms with E-state index in [1.165, 1.54) is 0 Å². The normalized spacial score (nSPS) is 29.2. The maximum atomic E-state index is 5.66. The van der Waals surface area contributed by atoms with E-state index in [0.29, 0.717) is 12.1 Å². The van der Waals surface area contributed by atoms with Crippen molar-refractivity contribution in [2.45, 2.75) is 10.9 Å². The van der Waals surface area contributed by atoms with Crippen LogP contribution in [0.4, 0.5) is 0 Å². The zero-order valence-corrected chi connectivity index (χ0v) is 8.72. The minimum atomic E-state index is -0.457. The summed E-state index contributed by atoms with van der Waals surface area (Å²) in [5, 5.41) is 0. The second-order valence-corrected chi connectivity index (χ2v) is 3.93. The molecule has 0 fully saturated rings. The first kappa shape index (κ1) is 9.61. The molecule has 0 spiro atoms. The third-order valence-electron chi connectivity index (χ3n) is 1.82. The van der Waals surface area contributed by atoms with Gasteiger partial charge in [0.2, 0.25) is 0 Å². The third-order valence-corrected chi connectivity index (χ3v) is 2.69. The van der Waals surface area contributed by atoms with Crippen LogP contribution in [0.15, 0.2) is 23.6 Å². The van der Waals surface area contributed by atoms with Gasteiger partial charge in [-0.15, -0.1) is 0 Å². The summed E-state index contributed by atoms with van der Waals surface area (Å²) < 4.78 is 9.86. The molecule has 1 unspecified atom stereocenters. The maximum Gasteiger partial charge on any atom is 0.148 e. The van der Waals surface area contributed by atoms with Gasteiger partial charge >= 0.3 is 0 Å². The average Bonchev–Trinajstić information content (AvgIpc) is 2.10. The van der Waals surface area contributed by atoms with Gasteiger partial charge in [0.05, 0.1) is 19.2 Å². The summed E-state index contributed by atoms with van der Waals surface area (Å²) in [5.41, 5.74) is 6.31. The Bertz CT molecular complexity index is 237. The summed E-state index contributed by atoms with van der Waals surface area (Å²) in [5.74, 6) is 0.747. The van der Waals surface area contributed by atoms with Crippen LogP contribution >= 0.6 is 15.9 Å². The van der Waals surface area contributed by atoms with Crippen LogP contribution in [0.2, 0.25) is 0 Å². The molecule has 1 aliphatic carbocycles. The van der Waals surface area contributed by atoms with Crippen molar-refractivity contribution in [3.8, 4) is 0 Å². The van der Waals surface area contributed by atoms with Gasteiger partial charge in [-0.05, 0) is 28.1 Å². The highest BCUT2D eigenvalue weighted by molar-refractivity contribution is 9.10. The van der Waals surface area contributed by atoms with Crippen molar-refractivity contribution in [3.05, 3.63) is 23.6 Å². The van der Waals surface area contributed by atoms with E-state index in [1.54, 1.807) is 20.3 Å². The second kappa shape index (κ2) is 3.49. The summed E-state index contributed by atoms with van der Waals surface area (Å²) in [6.07, 6.45) is 4.26. The van der Waals surface area contributed by atoms with Crippen LogP contribution in [0, 0.1) is 0 Å². The number of rotatable bonds is 2. The van der Waals surface area contributed by atoms with Crippen molar-refractivity contribution in [2.75, 3.05) is 14.2 Å². The zero-order chi connectivity index (χ0) is 9.19. The zero-order valence-electron chi connectivity index (χ0n) is 7.13. The second-order valence-electron chi connectivity index (χ2n) is 2.58. The van der Waals surface area contributed by atoms with E-state index < -0.39 is 4.51 Å². The molecule has 0 radical (unpaired) electrons. The summed E-state index contributed by atoms with van der Waals surface area (Å²) in [4.78, 5) is 0. The highest BCUT2D eigenvalue weighted by atomic mass is 79.9. The molecule has 2 N–H and O–H groups in total. The molecule has 0 aliphatic heterocycles. The number of nitrogens with two attached hydrogens (primary N) is 1. The monoisotopic (exact) mass is 233 g/mol. The summed E-state index contributed by atoms with van der Waals surface area (Å²) >= 11 is 3.42. The van der Waals surface area contributed by atoms with Crippen molar-refractivity contribution in [1.82, 2.24) is 0 Å². The molecule has 0 aromatic carbocycles. The summed E-state index contributed by atoms with van der Waals surface area (Å²) in [7, 11) is 3.23. The molecule has 0 bridgehead atoms. The molecule has 68 valence electrons. The van der Waals surface area contributed by atoms with E-state index >= 15 is 0 Å². The lowest BCUT2D eigenvalue weighted by Gasteiger charge is -2.26. The van der Waals surface area contributed by atoms with Gasteiger partial charge in [0, 0.05) is 7.11 Å². The van der Waals surface area contributed by atoms with Crippen molar-refractivity contribution in [2.24, 2.45) is 5.73 Å². The Kier molecular flexibility index (Phi) is 2.80. The first-order valence-corrected chi connectivity index (χ1v) is 4.36. The molecule has 1 atom stereocenters. The Labute approximate surface area is 80.3 Å². The first-order valence-electron chi connectivity index (χ1n) is 3.57. The van der Waals surface area contributed by atoms with Gasteiger partial charge in [-0.3, -0.25) is 0 Å². The molecule has 12 heavy (non-hydrogen) atoms. The number of allylic oxidation sites excluding steroid dienone is 1. The van der Waals surface area contributed by atoms with Crippen LogP contribution in [-0.4, -0.2) is 18.7 Å². The highest BCUT2D eigenvalue weighted by Crippen LogP contribution is 2.33. The number of halogens is 1. The van der Waals surface area contributed by atoms with Crippen LogP contribution in [0.1, 0.15) is 6.42 Å². The van der Waals surface area contributed by atoms with Crippen LogP contribution in [0.25, 0.3) is 0 Å². The van der Waals surface area contributed by atoms with E-state index in [0.717, 1.165) is 5.76 Å². The predicted octanol–water partition coefficient (Wildman–Crippen LogP) is 1.50. The molecule has 4 heteroatoms. The number of alkyl halides is 1. The summed E-state index contributed by atoms with van der Waals surface area (Å²) in [6, 6.07) is 0. The lowest BCUT2D eigenvalue weighted by Crippen LogP contribution is -2.26. The predicted molar refractivity (Wildman–Crippen MR) is 50.6 cm³/mol. The van der Waals surface area contributed by atoms with Crippen LogP contribution in [-0.2, 0) is 9.47 Å². The highest BCUT2D eigenvalue weighted by Gasteiger charge is 2.28. The molecule has 3 nitrogen and oxygen atoms in total. The quantitative estimate of drug-likeness (QED) is 0.736. The fourth-order valence-corrected chi connectivity index (χ4v) is 1.40. The minimum absolute atomic E-state index is 0.457. The molecule has 0 aromatic rings. The van der Waals surface area contributed by atoms with Crippen LogP contribution in [0.3, 0.4) is 0 Å². The SMILES string of the molecule is COC1=C(N)C=CC(Br)(OC)C1. The van der Waals surface area contributed by atoms with Crippen LogP contribution < -0.4 is 5.73 Å².